The maximum absolute atomic E-state index is 13.6. The average Bonchev–Trinajstić information content (AvgIpc) is 2.41. The van der Waals surface area contributed by atoms with E-state index in [0.717, 1.165) is 17.7 Å². The van der Waals surface area contributed by atoms with E-state index in [1.807, 2.05) is 19.1 Å². The van der Waals surface area contributed by atoms with Crippen molar-refractivity contribution < 1.29 is 4.39 Å². The fourth-order valence-corrected chi connectivity index (χ4v) is 2.72. The van der Waals surface area contributed by atoms with Crippen molar-refractivity contribution in [3.05, 3.63) is 35.1 Å². The number of nitrogens with zero attached hydrogens (tertiary/aromatic N) is 1. The molecule has 1 heterocycles. The van der Waals surface area contributed by atoms with Crippen molar-refractivity contribution >= 4 is 0 Å². The number of hydrogen-bond donors (Lipinski definition) is 1. The van der Waals surface area contributed by atoms with Gasteiger partial charge in [0.15, 0.2) is 0 Å². The van der Waals surface area contributed by atoms with E-state index in [1.54, 1.807) is 6.07 Å². The molecule has 1 N–H and O–H groups in total. The lowest BCUT2D eigenvalue weighted by molar-refractivity contribution is 0.208. The van der Waals surface area contributed by atoms with Gasteiger partial charge < -0.3 is 10.2 Å². The van der Waals surface area contributed by atoms with Crippen molar-refractivity contribution in [3.63, 3.8) is 0 Å². The first-order valence-corrected chi connectivity index (χ1v) is 7.36. The molecule has 2 nitrogen and oxygen atoms in total. The molecule has 1 saturated heterocycles. The molecule has 3 heteroatoms. The summed E-state index contributed by atoms with van der Waals surface area (Å²) in [6, 6.07) is 5.70. The Kier molecular flexibility index (Phi) is 5.34. The normalized spacial score (nSPS) is 18.5. The molecule has 19 heavy (non-hydrogen) atoms. The summed E-state index contributed by atoms with van der Waals surface area (Å²) in [5.74, 6) is -0.108. The van der Waals surface area contributed by atoms with E-state index in [0.29, 0.717) is 12.6 Å². The summed E-state index contributed by atoms with van der Waals surface area (Å²) in [7, 11) is 0. The fraction of sp³-hybridized carbons (Fsp3) is 0.625. The summed E-state index contributed by atoms with van der Waals surface area (Å²) in [5, 5.41) is 3.43. The molecule has 1 atom stereocenters. The minimum atomic E-state index is -0.108. The molecule has 0 aromatic heterocycles. The van der Waals surface area contributed by atoms with Crippen molar-refractivity contribution in [1.82, 2.24) is 10.2 Å². The third-order valence-corrected chi connectivity index (χ3v) is 3.82. The summed E-state index contributed by atoms with van der Waals surface area (Å²) in [6.45, 7) is 8.29. The standard InChI is InChI=1S/C16H25FN2/c1-13-6-7-16(17)15(10-13)11-18-14(2)12-19-8-4-3-5-9-19/h6-7,10,14,18H,3-5,8-9,11-12H2,1-2H3. The zero-order valence-corrected chi connectivity index (χ0v) is 12.1. The topological polar surface area (TPSA) is 15.3 Å². The van der Waals surface area contributed by atoms with Crippen molar-refractivity contribution in [2.45, 2.75) is 45.7 Å². The van der Waals surface area contributed by atoms with Gasteiger partial charge in [-0.25, -0.2) is 4.39 Å². The summed E-state index contributed by atoms with van der Waals surface area (Å²) in [4.78, 5) is 2.51. The van der Waals surface area contributed by atoms with Crippen LogP contribution in [0.25, 0.3) is 0 Å². The van der Waals surface area contributed by atoms with Crippen LogP contribution in [0.15, 0.2) is 18.2 Å². The summed E-state index contributed by atoms with van der Waals surface area (Å²) in [5.41, 5.74) is 1.88. The van der Waals surface area contributed by atoms with Gasteiger partial charge in [0.25, 0.3) is 0 Å². The van der Waals surface area contributed by atoms with Crippen LogP contribution in [0.5, 0.6) is 0 Å². The minimum absolute atomic E-state index is 0.108. The molecule has 0 amide bonds. The quantitative estimate of drug-likeness (QED) is 0.879. The SMILES string of the molecule is Cc1ccc(F)c(CNC(C)CN2CCCCC2)c1. The third kappa shape index (κ3) is 4.59. The highest BCUT2D eigenvalue weighted by atomic mass is 19.1. The van der Waals surface area contributed by atoms with Gasteiger partial charge in [-0.05, 0) is 45.8 Å². The van der Waals surface area contributed by atoms with Crippen molar-refractivity contribution in [2.24, 2.45) is 0 Å². The van der Waals surface area contributed by atoms with Crippen LogP contribution in [-0.2, 0) is 6.54 Å². The first-order chi connectivity index (χ1) is 9.15. The van der Waals surface area contributed by atoms with Gasteiger partial charge >= 0.3 is 0 Å². The molecule has 1 aliphatic rings. The Hall–Kier alpha value is -0.930. The second-order valence-corrected chi connectivity index (χ2v) is 5.74. The molecule has 0 aliphatic carbocycles. The molecule has 0 spiro atoms. The van der Waals surface area contributed by atoms with Gasteiger partial charge in [-0.2, -0.15) is 0 Å². The summed E-state index contributed by atoms with van der Waals surface area (Å²) < 4.78 is 13.6. The highest BCUT2D eigenvalue weighted by Gasteiger charge is 2.13. The number of nitrogens with one attached hydrogen (secondary N) is 1. The number of benzene rings is 1. The summed E-state index contributed by atoms with van der Waals surface area (Å²) in [6.07, 6.45) is 4.01. The Morgan fingerprint density at radius 2 is 2.00 bits per heavy atom. The molecule has 1 fully saturated rings. The fourth-order valence-electron chi connectivity index (χ4n) is 2.72. The third-order valence-electron chi connectivity index (χ3n) is 3.82. The Morgan fingerprint density at radius 3 is 2.74 bits per heavy atom. The van der Waals surface area contributed by atoms with Crippen LogP contribution in [0.3, 0.4) is 0 Å². The smallest absolute Gasteiger partial charge is 0.127 e. The lowest BCUT2D eigenvalue weighted by Crippen LogP contribution is -2.41. The molecule has 1 aliphatic heterocycles. The largest absolute Gasteiger partial charge is 0.309 e. The highest BCUT2D eigenvalue weighted by Crippen LogP contribution is 2.11. The predicted octanol–water partition coefficient (Wildman–Crippen LogP) is 3.10. The van der Waals surface area contributed by atoms with Crippen molar-refractivity contribution in [3.8, 4) is 0 Å². The molecule has 1 aromatic carbocycles. The number of likely N-dealkylation sites (tertiary alicyclic amines) is 1. The van der Waals surface area contributed by atoms with Crippen molar-refractivity contribution in [1.29, 1.82) is 0 Å². The predicted molar refractivity (Wildman–Crippen MR) is 77.7 cm³/mol. The Balaban J connectivity index is 1.79. The lowest BCUT2D eigenvalue weighted by atomic mass is 10.1. The van der Waals surface area contributed by atoms with E-state index < -0.39 is 0 Å². The van der Waals surface area contributed by atoms with E-state index in [-0.39, 0.29) is 5.82 Å². The Bertz CT molecular complexity index is 400. The van der Waals surface area contributed by atoms with Gasteiger partial charge in [0, 0.05) is 24.7 Å². The molecule has 1 aromatic rings. The molecule has 106 valence electrons. The lowest BCUT2D eigenvalue weighted by Gasteiger charge is -2.29. The molecule has 2 rings (SSSR count). The summed E-state index contributed by atoms with van der Waals surface area (Å²) >= 11 is 0. The van der Waals surface area contributed by atoms with Gasteiger partial charge in [0.1, 0.15) is 5.82 Å². The van der Waals surface area contributed by atoms with Gasteiger partial charge in [-0.1, -0.05) is 24.1 Å². The van der Waals surface area contributed by atoms with Crippen LogP contribution in [0, 0.1) is 12.7 Å². The Morgan fingerprint density at radius 1 is 1.26 bits per heavy atom. The molecular weight excluding hydrogens is 239 g/mol. The van der Waals surface area contributed by atoms with E-state index in [9.17, 15) is 4.39 Å². The number of aryl methyl sites for hydroxylation is 1. The van der Waals surface area contributed by atoms with E-state index in [1.165, 1.54) is 32.4 Å². The van der Waals surface area contributed by atoms with Gasteiger partial charge in [-0.15, -0.1) is 0 Å². The average molecular weight is 264 g/mol. The van der Waals surface area contributed by atoms with Crippen LogP contribution in [0.1, 0.15) is 37.3 Å². The van der Waals surface area contributed by atoms with Gasteiger partial charge in [0.05, 0.1) is 0 Å². The minimum Gasteiger partial charge on any atom is -0.309 e. The molecular formula is C16H25FN2. The number of rotatable bonds is 5. The Labute approximate surface area is 116 Å². The van der Waals surface area contributed by atoms with Crippen LogP contribution >= 0.6 is 0 Å². The molecule has 0 saturated carbocycles. The number of halogens is 1. The van der Waals surface area contributed by atoms with Gasteiger partial charge in [-0.3, -0.25) is 0 Å². The first kappa shape index (κ1) is 14.5. The maximum Gasteiger partial charge on any atom is 0.127 e. The maximum atomic E-state index is 13.6. The second-order valence-electron chi connectivity index (χ2n) is 5.74. The molecule has 1 unspecified atom stereocenters. The van der Waals surface area contributed by atoms with Crippen LogP contribution in [-0.4, -0.2) is 30.6 Å². The number of piperidine rings is 1. The van der Waals surface area contributed by atoms with E-state index >= 15 is 0 Å². The number of hydrogen-bond acceptors (Lipinski definition) is 2. The van der Waals surface area contributed by atoms with Crippen LogP contribution in [0.4, 0.5) is 4.39 Å². The van der Waals surface area contributed by atoms with Crippen molar-refractivity contribution in [2.75, 3.05) is 19.6 Å². The monoisotopic (exact) mass is 264 g/mol. The molecule has 0 bridgehead atoms. The van der Waals surface area contributed by atoms with Gasteiger partial charge in [0.2, 0.25) is 0 Å². The zero-order valence-electron chi connectivity index (χ0n) is 12.1. The first-order valence-electron chi connectivity index (χ1n) is 7.36. The van der Waals surface area contributed by atoms with E-state index in [2.05, 4.69) is 17.1 Å². The highest BCUT2D eigenvalue weighted by molar-refractivity contribution is 5.23. The van der Waals surface area contributed by atoms with Crippen LogP contribution in [0.2, 0.25) is 0 Å². The van der Waals surface area contributed by atoms with Crippen LogP contribution < -0.4 is 5.32 Å². The second kappa shape index (κ2) is 7.01. The zero-order chi connectivity index (χ0) is 13.7. The molecule has 0 radical (unpaired) electrons. The van der Waals surface area contributed by atoms with E-state index in [4.69, 9.17) is 0 Å².